The Labute approximate surface area is 121 Å². The predicted octanol–water partition coefficient (Wildman–Crippen LogP) is 2.15. The number of methoxy groups -OCH3 is 1. The van der Waals surface area contributed by atoms with Gasteiger partial charge >= 0.3 is 0 Å². The van der Waals surface area contributed by atoms with E-state index < -0.39 is 0 Å². The molecule has 1 aromatic rings. The molecule has 0 radical (unpaired) electrons. The van der Waals surface area contributed by atoms with Crippen molar-refractivity contribution in [2.75, 3.05) is 33.3 Å². The standard InChI is InChI=1S/C16H25N3O/c1-20-16-7-6-14(11-17-16)12-18-8-4-10-19-9-3-2-5-15(19)13-18/h6-7,11,15H,2-5,8-10,12-13H2,1H3. The molecule has 2 aliphatic rings. The summed E-state index contributed by atoms with van der Waals surface area (Å²) in [7, 11) is 1.66. The van der Waals surface area contributed by atoms with Crippen LogP contribution in [0.4, 0.5) is 0 Å². The van der Waals surface area contributed by atoms with Crippen LogP contribution in [0, 0.1) is 0 Å². The van der Waals surface area contributed by atoms with Gasteiger partial charge in [-0.2, -0.15) is 0 Å². The highest BCUT2D eigenvalue weighted by atomic mass is 16.5. The van der Waals surface area contributed by atoms with Gasteiger partial charge in [0.1, 0.15) is 0 Å². The summed E-state index contributed by atoms with van der Waals surface area (Å²) >= 11 is 0. The van der Waals surface area contributed by atoms with Gasteiger partial charge in [0.25, 0.3) is 0 Å². The summed E-state index contributed by atoms with van der Waals surface area (Å²) in [5.74, 6) is 0.697. The van der Waals surface area contributed by atoms with Gasteiger partial charge in [-0.25, -0.2) is 4.98 Å². The Morgan fingerprint density at radius 2 is 2.10 bits per heavy atom. The summed E-state index contributed by atoms with van der Waals surface area (Å²) in [6.45, 7) is 6.02. The third-order valence-electron chi connectivity index (χ3n) is 4.55. The third-order valence-corrected chi connectivity index (χ3v) is 4.55. The number of fused-ring (bicyclic) bond motifs is 1. The van der Waals surface area contributed by atoms with Crippen molar-refractivity contribution in [3.63, 3.8) is 0 Å². The van der Waals surface area contributed by atoms with Crippen LogP contribution in [0.2, 0.25) is 0 Å². The number of rotatable bonds is 3. The predicted molar refractivity (Wildman–Crippen MR) is 79.9 cm³/mol. The van der Waals surface area contributed by atoms with Crippen LogP contribution in [0.25, 0.3) is 0 Å². The van der Waals surface area contributed by atoms with Gasteiger partial charge in [-0.3, -0.25) is 9.80 Å². The Morgan fingerprint density at radius 1 is 1.20 bits per heavy atom. The zero-order valence-electron chi connectivity index (χ0n) is 12.4. The molecule has 0 amide bonds. The summed E-state index contributed by atoms with van der Waals surface area (Å²) in [5, 5.41) is 0. The van der Waals surface area contributed by atoms with E-state index in [9.17, 15) is 0 Å². The molecule has 2 saturated heterocycles. The lowest BCUT2D eigenvalue weighted by molar-refractivity contribution is 0.135. The molecule has 1 unspecified atom stereocenters. The van der Waals surface area contributed by atoms with Crippen molar-refractivity contribution in [2.24, 2.45) is 0 Å². The van der Waals surface area contributed by atoms with Crippen LogP contribution >= 0.6 is 0 Å². The molecule has 3 rings (SSSR count). The van der Waals surface area contributed by atoms with Gasteiger partial charge in [0, 0.05) is 31.4 Å². The zero-order valence-corrected chi connectivity index (χ0v) is 12.4. The third kappa shape index (κ3) is 3.30. The van der Waals surface area contributed by atoms with E-state index in [1.807, 2.05) is 12.3 Å². The lowest BCUT2D eigenvalue weighted by Gasteiger charge is -2.35. The monoisotopic (exact) mass is 275 g/mol. The number of pyridine rings is 1. The first-order chi connectivity index (χ1) is 9.85. The first kappa shape index (κ1) is 13.8. The number of piperidine rings is 1. The summed E-state index contributed by atoms with van der Waals surface area (Å²) in [4.78, 5) is 9.61. The molecule has 0 aromatic carbocycles. The van der Waals surface area contributed by atoms with E-state index in [0.29, 0.717) is 5.88 Å². The molecule has 1 atom stereocenters. The minimum atomic E-state index is 0.697. The Kier molecular flexibility index (Phi) is 4.53. The first-order valence-electron chi connectivity index (χ1n) is 7.80. The fourth-order valence-corrected chi connectivity index (χ4v) is 3.47. The number of nitrogens with zero attached hydrogens (tertiary/aromatic N) is 3. The van der Waals surface area contributed by atoms with Crippen LogP contribution < -0.4 is 4.74 Å². The Hall–Kier alpha value is -1.13. The highest BCUT2D eigenvalue weighted by molar-refractivity contribution is 5.17. The molecule has 0 spiro atoms. The Bertz CT molecular complexity index is 420. The molecule has 3 heterocycles. The highest BCUT2D eigenvalue weighted by Gasteiger charge is 2.26. The Morgan fingerprint density at radius 3 is 2.90 bits per heavy atom. The van der Waals surface area contributed by atoms with Gasteiger partial charge in [0.05, 0.1) is 7.11 Å². The van der Waals surface area contributed by atoms with E-state index in [0.717, 1.165) is 12.6 Å². The molecule has 1 aromatic heterocycles. The van der Waals surface area contributed by atoms with E-state index in [2.05, 4.69) is 20.9 Å². The molecular weight excluding hydrogens is 250 g/mol. The van der Waals surface area contributed by atoms with Gasteiger partial charge in [0.2, 0.25) is 5.88 Å². The second kappa shape index (κ2) is 6.55. The van der Waals surface area contributed by atoms with Crippen molar-refractivity contribution in [1.82, 2.24) is 14.8 Å². The summed E-state index contributed by atoms with van der Waals surface area (Å²) in [6, 6.07) is 4.87. The first-order valence-corrected chi connectivity index (χ1v) is 7.80. The maximum Gasteiger partial charge on any atom is 0.212 e. The van der Waals surface area contributed by atoms with Crippen LogP contribution in [0.15, 0.2) is 18.3 Å². The van der Waals surface area contributed by atoms with Gasteiger partial charge in [-0.15, -0.1) is 0 Å². The zero-order chi connectivity index (χ0) is 13.8. The molecule has 4 heteroatoms. The van der Waals surface area contributed by atoms with Crippen LogP contribution in [-0.4, -0.2) is 54.1 Å². The summed E-state index contributed by atoms with van der Waals surface area (Å²) < 4.78 is 5.12. The van der Waals surface area contributed by atoms with Crippen LogP contribution in [0.5, 0.6) is 5.88 Å². The van der Waals surface area contributed by atoms with Gasteiger partial charge in [-0.05, 0) is 44.5 Å². The molecule has 0 N–H and O–H groups in total. The number of hydrogen-bond acceptors (Lipinski definition) is 4. The van der Waals surface area contributed by atoms with Gasteiger partial charge in [-0.1, -0.05) is 12.5 Å². The topological polar surface area (TPSA) is 28.6 Å². The van der Waals surface area contributed by atoms with Crippen molar-refractivity contribution in [3.05, 3.63) is 23.9 Å². The molecule has 4 nitrogen and oxygen atoms in total. The molecular formula is C16H25N3O. The van der Waals surface area contributed by atoms with E-state index in [-0.39, 0.29) is 0 Å². The van der Waals surface area contributed by atoms with Crippen molar-refractivity contribution in [3.8, 4) is 5.88 Å². The summed E-state index contributed by atoms with van der Waals surface area (Å²) in [6.07, 6.45) is 7.40. The fourth-order valence-electron chi connectivity index (χ4n) is 3.47. The van der Waals surface area contributed by atoms with E-state index >= 15 is 0 Å². The van der Waals surface area contributed by atoms with E-state index in [1.54, 1.807) is 7.11 Å². The lowest BCUT2D eigenvalue weighted by Crippen LogP contribution is -2.43. The lowest BCUT2D eigenvalue weighted by atomic mass is 10.0. The van der Waals surface area contributed by atoms with Crippen LogP contribution in [-0.2, 0) is 6.54 Å². The molecule has 20 heavy (non-hydrogen) atoms. The summed E-state index contributed by atoms with van der Waals surface area (Å²) in [5.41, 5.74) is 1.29. The molecule has 0 saturated carbocycles. The normalized spacial score (nSPS) is 24.9. The van der Waals surface area contributed by atoms with E-state index in [1.165, 1.54) is 57.4 Å². The Balaban J connectivity index is 1.61. The minimum absolute atomic E-state index is 0.697. The van der Waals surface area contributed by atoms with Crippen molar-refractivity contribution < 1.29 is 4.74 Å². The van der Waals surface area contributed by atoms with Crippen molar-refractivity contribution >= 4 is 0 Å². The average Bonchev–Trinajstić information content (AvgIpc) is 2.69. The maximum absolute atomic E-state index is 5.12. The van der Waals surface area contributed by atoms with Crippen molar-refractivity contribution in [2.45, 2.75) is 38.3 Å². The maximum atomic E-state index is 5.12. The molecule has 2 fully saturated rings. The van der Waals surface area contributed by atoms with Crippen LogP contribution in [0.3, 0.4) is 0 Å². The highest BCUT2D eigenvalue weighted by Crippen LogP contribution is 2.22. The number of ether oxygens (including phenoxy) is 1. The van der Waals surface area contributed by atoms with Crippen LogP contribution in [0.1, 0.15) is 31.2 Å². The molecule has 2 aliphatic heterocycles. The van der Waals surface area contributed by atoms with Gasteiger partial charge in [0.15, 0.2) is 0 Å². The quantitative estimate of drug-likeness (QED) is 0.845. The molecule has 0 aliphatic carbocycles. The number of hydrogen-bond donors (Lipinski definition) is 0. The second-order valence-corrected chi connectivity index (χ2v) is 5.98. The average molecular weight is 275 g/mol. The van der Waals surface area contributed by atoms with Gasteiger partial charge < -0.3 is 4.74 Å². The van der Waals surface area contributed by atoms with Crippen molar-refractivity contribution in [1.29, 1.82) is 0 Å². The molecule has 110 valence electrons. The molecule has 0 bridgehead atoms. The smallest absolute Gasteiger partial charge is 0.212 e. The minimum Gasteiger partial charge on any atom is -0.481 e. The number of aromatic nitrogens is 1. The largest absolute Gasteiger partial charge is 0.481 e. The van der Waals surface area contributed by atoms with E-state index in [4.69, 9.17) is 4.74 Å². The fraction of sp³-hybridized carbons (Fsp3) is 0.688. The second-order valence-electron chi connectivity index (χ2n) is 5.98. The SMILES string of the molecule is COc1ccc(CN2CCCN3CCCCC3C2)cn1.